The van der Waals surface area contributed by atoms with Crippen LogP contribution >= 0.6 is 23.4 Å². The molecule has 1 atom stereocenters. The molecule has 0 spiro atoms. The van der Waals surface area contributed by atoms with Crippen molar-refractivity contribution in [3.8, 4) is 0 Å². The highest BCUT2D eigenvalue weighted by atomic mass is 35.5. The minimum absolute atomic E-state index is 0.329. The first-order chi connectivity index (χ1) is 8.72. The molecule has 0 aromatic carbocycles. The number of nitrogens with zero attached hydrogens (tertiary/aromatic N) is 2. The summed E-state index contributed by atoms with van der Waals surface area (Å²) in [6.45, 7) is 2.12. The minimum Gasteiger partial charge on any atom is -0.368 e. The smallest absolute Gasteiger partial charge is 0.225 e. The van der Waals surface area contributed by atoms with Crippen LogP contribution in [-0.2, 0) is 0 Å². The van der Waals surface area contributed by atoms with E-state index in [1.165, 1.54) is 32.1 Å². The van der Waals surface area contributed by atoms with Crippen LogP contribution in [0.1, 0.15) is 39.0 Å². The molecule has 6 heteroatoms. The van der Waals surface area contributed by atoms with Crippen LogP contribution in [0.2, 0.25) is 5.28 Å². The summed E-state index contributed by atoms with van der Waals surface area (Å²) in [7, 11) is 0. The van der Waals surface area contributed by atoms with Crippen molar-refractivity contribution >= 4 is 34.9 Å². The molecule has 2 aliphatic rings. The molecule has 1 unspecified atom stereocenters. The summed E-state index contributed by atoms with van der Waals surface area (Å²) in [4.78, 5) is 8.61. The van der Waals surface area contributed by atoms with Gasteiger partial charge in [0.1, 0.15) is 10.7 Å². The van der Waals surface area contributed by atoms with Crippen molar-refractivity contribution in [2.24, 2.45) is 0 Å². The predicted octanol–water partition coefficient (Wildman–Crippen LogP) is 3.74. The maximum Gasteiger partial charge on any atom is 0.225 e. The Morgan fingerprint density at radius 2 is 2.06 bits per heavy atom. The third-order valence-corrected chi connectivity index (χ3v) is 4.59. The first kappa shape index (κ1) is 12.4. The van der Waals surface area contributed by atoms with E-state index in [-0.39, 0.29) is 0 Å². The van der Waals surface area contributed by atoms with Crippen LogP contribution in [0.25, 0.3) is 0 Å². The molecule has 18 heavy (non-hydrogen) atoms. The van der Waals surface area contributed by atoms with Gasteiger partial charge in [0.2, 0.25) is 5.28 Å². The van der Waals surface area contributed by atoms with Crippen LogP contribution in [0.3, 0.4) is 0 Å². The van der Waals surface area contributed by atoms with Crippen LogP contribution in [-0.4, -0.2) is 21.4 Å². The average Bonchev–Trinajstić information content (AvgIpc) is 2.71. The standard InChI is InChI=1S/C12H17ClN4S/c1-7-14-9-10(15-8-5-3-2-4-6-8)16-12(13)17-11(9)18-7/h7-8,14H,2-6H2,1H3,(H,15,16,17). The minimum atomic E-state index is 0.329. The number of rotatable bonds is 2. The van der Waals surface area contributed by atoms with E-state index in [9.17, 15) is 0 Å². The molecule has 4 nitrogen and oxygen atoms in total. The molecule has 0 amide bonds. The fourth-order valence-corrected chi connectivity index (χ4v) is 3.72. The quantitative estimate of drug-likeness (QED) is 0.640. The van der Waals surface area contributed by atoms with E-state index in [0.717, 1.165) is 16.5 Å². The molecule has 0 radical (unpaired) electrons. The molecular weight excluding hydrogens is 268 g/mol. The van der Waals surface area contributed by atoms with Gasteiger partial charge in [-0.3, -0.25) is 0 Å². The summed E-state index contributed by atoms with van der Waals surface area (Å²) >= 11 is 7.69. The number of hydrogen-bond acceptors (Lipinski definition) is 5. The zero-order valence-electron chi connectivity index (χ0n) is 10.4. The lowest BCUT2D eigenvalue weighted by atomic mass is 9.95. The molecule has 98 valence electrons. The van der Waals surface area contributed by atoms with Crippen LogP contribution < -0.4 is 10.6 Å². The molecule has 1 aliphatic carbocycles. The highest BCUT2D eigenvalue weighted by molar-refractivity contribution is 8.00. The number of anilines is 2. The lowest BCUT2D eigenvalue weighted by molar-refractivity contribution is 0.462. The Morgan fingerprint density at radius 3 is 2.83 bits per heavy atom. The van der Waals surface area contributed by atoms with Gasteiger partial charge in [-0.05, 0) is 31.4 Å². The number of fused-ring (bicyclic) bond motifs is 1. The summed E-state index contributed by atoms with van der Waals surface area (Å²) in [6.07, 6.45) is 6.40. The lowest BCUT2D eigenvalue weighted by Crippen LogP contribution is -2.23. The second-order valence-electron chi connectivity index (χ2n) is 4.91. The van der Waals surface area contributed by atoms with Crippen LogP contribution in [0.4, 0.5) is 11.5 Å². The molecular formula is C12H17ClN4S. The first-order valence-corrected chi connectivity index (χ1v) is 7.75. The van der Waals surface area contributed by atoms with E-state index in [2.05, 4.69) is 27.5 Å². The van der Waals surface area contributed by atoms with Crippen molar-refractivity contribution in [2.45, 2.75) is 55.5 Å². The number of hydrogen-bond donors (Lipinski definition) is 2. The summed E-state index contributed by atoms with van der Waals surface area (Å²) < 4.78 is 0. The normalized spacial score (nSPS) is 23.6. The Balaban J connectivity index is 1.83. The molecule has 0 bridgehead atoms. The second kappa shape index (κ2) is 5.13. The zero-order chi connectivity index (χ0) is 12.5. The van der Waals surface area contributed by atoms with Crippen molar-refractivity contribution in [2.75, 3.05) is 10.6 Å². The summed E-state index contributed by atoms with van der Waals surface area (Å²) in [6, 6.07) is 0.525. The van der Waals surface area contributed by atoms with Crippen LogP contribution in [0.15, 0.2) is 5.03 Å². The molecule has 2 heterocycles. The van der Waals surface area contributed by atoms with Gasteiger partial charge in [0.25, 0.3) is 0 Å². The molecule has 1 fully saturated rings. The van der Waals surface area contributed by atoms with Crippen molar-refractivity contribution in [1.29, 1.82) is 0 Å². The molecule has 2 N–H and O–H groups in total. The van der Waals surface area contributed by atoms with Crippen LogP contribution in [0.5, 0.6) is 0 Å². The highest BCUT2D eigenvalue weighted by Crippen LogP contribution is 2.41. The van der Waals surface area contributed by atoms with Gasteiger partial charge >= 0.3 is 0 Å². The number of halogens is 1. The van der Waals surface area contributed by atoms with Crippen molar-refractivity contribution < 1.29 is 0 Å². The fraction of sp³-hybridized carbons (Fsp3) is 0.667. The molecule has 1 aromatic rings. The van der Waals surface area contributed by atoms with Crippen molar-refractivity contribution in [3.63, 3.8) is 0 Å². The van der Waals surface area contributed by atoms with Crippen molar-refractivity contribution in [1.82, 2.24) is 9.97 Å². The highest BCUT2D eigenvalue weighted by Gasteiger charge is 2.25. The predicted molar refractivity (Wildman–Crippen MR) is 76.5 cm³/mol. The Morgan fingerprint density at radius 1 is 1.28 bits per heavy atom. The summed E-state index contributed by atoms with van der Waals surface area (Å²) in [5, 5.41) is 8.55. The second-order valence-corrected chi connectivity index (χ2v) is 6.57. The average molecular weight is 285 g/mol. The lowest BCUT2D eigenvalue weighted by Gasteiger charge is -2.24. The van der Waals surface area contributed by atoms with Gasteiger partial charge < -0.3 is 10.6 Å². The van der Waals surface area contributed by atoms with Gasteiger partial charge in [-0.2, -0.15) is 4.98 Å². The van der Waals surface area contributed by atoms with Gasteiger partial charge in [-0.1, -0.05) is 31.0 Å². The maximum atomic E-state index is 5.99. The maximum absolute atomic E-state index is 5.99. The number of aromatic nitrogens is 2. The molecule has 1 aromatic heterocycles. The van der Waals surface area contributed by atoms with E-state index in [1.54, 1.807) is 11.8 Å². The molecule has 1 saturated carbocycles. The van der Waals surface area contributed by atoms with Gasteiger partial charge in [0, 0.05) is 6.04 Å². The number of nitrogens with one attached hydrogen (secondary N) is 2. The Kier molecular flexibility index (Phi) is 3.52. The van der Waals surface area contributed by atoms with Crippen LogP contribution in [0, 0.1) is 0 Å². The van der Waals surface area contributed by atoms with E-state index < -0.39 is 0 Å². The van der Waals surface area contributed by atoms with E-state index >= 15 is 0 Å². The van der Waals surface area contributed by atoms with Gasteiger partial charge in [-0.25, -0.2) is 4.98 Å². The van der Waals surface area contributed by atoms with Gasteiger partial charge in [-0.15, -0.1) is 0 Å². The SMILES string of the molecule is CC1Nc2c(NC3CCCCC3)nc(Cl)nc2S1. The van der Waals surface area contributed by atoms with E-state index in [1.807, 2.05) is 0 Å². The van der Waals surface area contributed by atoms with Gasteiger partial charge in [0.15, 0.2) is 5.82 Å². The Bertz CT molecular complexity index is 448. The van der Waals surface area contributed by atoms with E-state index in [0.29, 0.717) is 16.7 Å². The molecule has 0 saturated heterocycles. The Hall–Kier alpha value is -0.680. The third kappa shape index (κ3) is 2.52. The van der Waals surface area contributed by atoms with E-state index in [4.69, 9.17) is 11.6 Å². The third-order valence-electron chi connectivity index (χ3n) is 3.43. The molecule has 3 rings (SSSR count). The molecule has 1 aliphatic heterocycles. The fourth-order valence-electron chi connectivity index (χ4n) is 2.57. The Labute approximate surface area is 116 Å². The van der Waals surface area contributed by atoms with Crippen molar-refractivity contribution in [3.05, 3.63) is 5.28 Å². The first-order valence-electron chi connectivity index (χ1n) is 6.49. The zero-order valence-corrected chi connectivity index (χ0v) is 11.9. The summed E-state index contributed by atoms with van der Waals surface area (Å²) in [5.41, 5.74) is 1.02. The summed E-state index contributed by atoms with van der Waals surface area (Å²) in [5.74, 6) is 0.869. The number of thioether (sulfide) groups is 1. The largest absolute Gasteiger partial charge is 0.368 e. The van der Waals surface area contributed by atoms with Gasteiger partial charge in [0.05, 0.1) is 5.37 Å². The monoisotopic (exact) mass is 284 g/mol. The topological polar surface area (TPSA) is 49.8 Å².